The van der Waals surface area contributed by atoms with Crippen LogP contribution in [0.25, 0.3) is 0 Å². The number of carbonyl (C=O) groups is 1. The van der Waals surface area contributed by atoms with Crippen molar-refractivity contribution in [2.45, 2.75) is 19.8 Å². The molecule has 0 aromatic heterocycles. The van der Waals surface area contributed by atoms with E-state index >= 15 is 0 Å². The van der Waals surface area contributed by atoms with Crippen LogP contribution in [0.1, 0.15) is 19.8 Å². The summed E-state index contributed by atoms with van der Waals surface area (Å²) in [5.41, 5.74) is 0.694. The van der Waals surface area contributed by atoms with Gasteiger partial charge in [-0.1, -0.05) is 37.3 Å². The molecule has 4 nitrogen and oxygen atoms in total. The maximum Gasteiger partial charge on any atom is 0.321 e. The molecule has 4 heteroatoms. The summed E-state index contributed by atoms with van der Waals surface area (Å²) in [6.45, 7) is 3.86. The maximum atomic E-state index is 12.4. The number of ether oxygens (including phenoxy) is 1. The average molecular weight is 310 g/mol. The van der Waals surface area contributed by atoms with Gasteiger partial charge in [0.15, 0.2) is 5.75 Å². The summed E-state index contributed by atoms with van der Waals surface area (Å²) in [6, 6.07) is 17.0. The van der Waals surface area contributed by atoms with Gasteiger partial charge in [-0.25, -0.2) is 4.79 Å². The van der Waals surface area contributed by atoms with Gasteiger partial charge in [-0.15, -0.1) is 0 Å². The third-order valence-corrected chi connectivity index (χ3v) is 4.17. The first-order valence-corrected chi connectivity index (χ1v) is 8.10. The minimum atomic E-state index is -0.0546. The Morgan fingerprint density at radius 1 is 1.04 bits per heavy atom. The van der Waals surface area contributed by atoms with Crippen LogP contribution >= 0.6 is 0 Å². The van der Waals surface area contributed by atoms with E-state index < -0.39 is 0 Å². The molecule has 3 rings (SSSR count). The van der Waals surface area contributed by atoms with Crippen molar-refractivity contribution in [1.82, 2.24) is 4.90 Å². The van der Waals surface area contributed by atoms with E-state index in [4.69, 9.17) is 4.74 Å². The van der Waals surface area contributed by atoms with Crippen molar-refractivity contribution in [3.05, 3.63) is 54.6 Å². The van der Waals surface area contributed by atoms with Crippen molar-refractivity contribution < 1.29 is 9.53 Å². The predicted octanol–water partition coefficient (Wildman–Crippen LogP) is 4.74. The lowest BCUT2D eigenvalue weighted by Crippen LogP contribution is -2.40. The number of likely N-dealkylation sites (tertiary alicyclic amines) is 1. The molecule has 0 atom stereocenters. The Morgan fingerprint density at radius 3 is 2.43 bits per heavy atom. The first kappa shape index (κ1) is 15.4. The maximum absolute atomic E-state index is 12.4. The van der Waals surface area contributed by atoms with Crippen molar-refractivity contribution in [1.29, 1.82) is 0 Å². The van der Waals surface area contributed by atoms with Crippen molar-refractivity contribution in [3.8, 4) is 11.5 Å². The van der Waals surface area contributed by atoms with E-state index in [1.807, 2.05) is 59.5 Å². The normalized spacial score (nSPS) is 15.3. The molecule has 0 spiro atoms. The summed E-state index contributed by atoms with van der Waals surface area (Å²) in [5.74, 6) is 2.10. The molecule has 0 unspecified atom stereocenters. The van der Waals surface area contributed by atoms with E-state index in [0.29, 0.717) is 17.4 Å². The number of amides is 2. The van der Waals surface area contributed by atoms with Gasteiger partial charge in [0, 0.05) is 13.1 Å². The second-order valence-electron chi connectivity index (χ2n) is 6.01. The van der Waals surface area contributed by atoms with Crippen molar-refractivity contribution >= 4 is 11.7 Å². The number of nitrogens with one attached hydrogen (secondary N) is 1. The van der Waals surface area contributed by atoms with Gasteiger partial charge in [-0.05, 0) is 43.0 Å². The Bertz CT molecular complexity index is 649. The van der Waals surface area contributed by atoms with Crippen LogP contribution < -0.4 is 10.1 Å². The van der Waals surface area contributed by atoms with E-state index in [2.05, 4.69) is 12.2 Å². The smallest absolute Gasteiger partial charge is 0.321 e. The molecular formula is C19H22N2O2. The van der Waals surface area contributed by atoms with E-state index in [1.165, 1.54) is 0 Å². The van der Waals surface area contributed by atoms with Crippen LogP contribution in [0.3, 0.4) is 0 Å². The zero-order valence-electron chi connectivity index (χ0n) is 13.4. The lowest BCUT2D eigenvalue weighted by atomic mass is 10.00. The highest BCUT2D eigenvalue weighted by molar-refractivity contribution is 5.91. The molecule has 0 bridgehead atoms. The van der Waals surface area contributed by atoms with Crippen LogP contribution in [-0.4, -0.2) is 24.0 Å². The van der Waals surface area contributed by atoms with E-state index in [9.17, 15) is 4.79 Å². The Kier molecular flexibility index (Phi) is 4.81. The lowest BCUT2D eigenvalue weighted by Gasteiger charge is -2.30. The summed E-state index contributed by atoms with van der Waals surface area (Å²) >= 11 is 0. The molecule has 0 radical (unpaired) electrons. The zero-order valence-corrected chi connectivity index (χ0v) is 13.4. The van der Waals surface area contributed by atoms with Gasteiger partial charge in [0.25, 0.3) is 0 Å². The number of hydrogen-bond acceptors (Lipinski definition) is 2. The number of para-hydroxylation sites is 3. The number of anilines is 1. The monoisotopic (exact) mass is 310 g/mol. The van der Waals surface area contributed by atoms with Crippen LogP contribution in [0, 0.1) is 5.92 Å². The van der Waals surface area contributed by atoms with Crippen LogP contribution in [0.5, 0.6) is 11.5 Å². The van der Waals surface area contributed by atoms with E-state index in [-0.39, 0.29) is 6.03 Å². The minimum Gasteiger partial charge on any atom is -0.455 e. The summed E-state index contributed by atoms with van der Waals surface area (Å²) in [5, 5.41) is 2.98. The molecule has 1 heterocycles. The zero-order chi connectivity index (χ0) is 16.1. The molecule has 23 heavy (non-hydrogen) atoms. The standard InChI is InChI=1S/C19H22N2O2/c1-15-11-13-21(14-12-15)19(22)20-17-9-5-6-10-18(17)23-16-7-3-2-4-8-16/h2-10,15H,11-14H2,1H3,(H,20,22). The summed E-state index contributed by atoms with van der Waals surface area (Å²) in [4.78, 5) is 14.3. The van der Waals surface area contributed by atoms with Crippen LogP contribution in [0.2, 0.25) is 0 Å². The third-order valence-electron chi connectivity index (χ3n) is 4.17. The first-order valence-electron chi connectivity index (χ1n) is 8.10. The Balaban J connectivity index is 1.69. The fourth-order valence-electron chi connectivity index (χ4n) is 2.68. The molecule has 1 aliphatic rings. The largest absolute Gasteiger partial charge is 0.455 e. The fraction of sp³-hybridized carbons (Fsp3) is 0.316. The van der Waals surface area contributed by atoms with E-state index in [0.717, 1.165) is 31.7 Å². The molecule has 1 aliphatic heterocycles. The molecular weight excluding hydrogens is 288 g/mol. The third kappa shape index (κ3) is 4.03. The van der Waals surface area contributed by atoms with Crippen LogP contribution in [0.4, 0.5) is 10.5 Å². The first-order chi connectivity index (χ1) is 11.2. The van der Waals surface area contributed by atoms with Gasteiger partial charge < -0.3 is 15.0 Å². The van der Waals surface area contributed by atoms with Gasteiger partial charge in [0.2, 0.25) is 0 Å². The summed E-state index contributed by atoms with van der Waals surface area (Å²) < 4.78 is 5.88. The van der Waals surface area contributed by atoms with Gasteiger partial charge in [0.05, 0.1) is 5.69 Å². The van der Waals surface area contributed by atoms with Gasteiger partial charge in [0.1, 0.15) is 5.75 Å². The molecule has 1 saturated heterocycles. The number of carbonyl (C=O) groups excluding carboxylic acids is 1. The number of piperidine rings is 1. The molecule has 0 saturated carbocycles. The quantitative estimate of drug-likeness (QED) is 0.889. The summed E-state index contributed by atoms with van der Waals surface area (Å²) in [6.07, 6.45) is 2.13. The van der Waals surface area contributed by atoms with Crippen molar-refractivity contribution in [2.75, 3.05) is 18.4 Å². The number of rotatable bonds is 3. The molecule has 1 fully saturated rings. The highest BCUT2D eigenvalue weighted by Crippen LogP contribution is 2.29. The second kappa shape index (κ2) is 7.18. The molecule has 120 valence electrons. The Hall–Kier alpha value is -2.49. The van der Waals surface area contributed by atoms with Gasteiger partial charge in [-0.3, -0.25) is 0 Å². The molecule has 1 N–H and O–H groups in total. The predicted molar refractivity (Wildman–Crippen MR) is 91.9 cm³/mol. The Morgan fingerprint density at radius 2 is 1.70 bits per heavy atom. The SMILES string of the molecule is CC1CCN(C(=O)Nc2ccccc2Oc2ccccc2)CC1. The fourth-order valence-corrected chi connectivity index (χ4v) is 2.68. The number of hydrogen-bond donors (Lipinski definition) is 1. The lowest BCUT2D eigenvalue weighted by molar-refractivity contribution is 0.186. The van der Waals surface area contributed by atoms with Crippen LogP contribution in [0.15, 0.2) is 54.6 Å². The number of benzene rings is 2. The average Bonchev–Trinajstić information content (AvgIpc) is 2.58. The van der Waals surface area contributed by atoms with Gasteiger partial charge in [-0.2, -0.15) is 0 Å². The molecule has 2 amide bonds. The van der Waals surface area contributed by atoms with Crippen molar-refractivity contribution in [2.24, 2.45) is 5.92 Å². The minimum absolute atomic E-state index is 0.0546. The molecule has 2 aromatic carbocycles. The molecule has 0 aliphatic carbocycles. The topological polar surface area (TPSA) is 41.6 Å². The van der Waals surface area contributed by atoms with Crippen molar-refractivity contribution in [3.63, 3.8) is 0 Å². The summed E-state index contributed by atoms with van der Waals surface area (Å²) in [7, 11) is 0. The number of nitrogens with zero attached hydrogens (tertiary/aromatic N) is 1. The number of urea groups is 1. The highest BCUT2D eigenvalue weighted by atomic mass is 16.5. The highest BCUT2D eigenvalue weighted by Gasteiger charge is 2.21. The van der Waals surface area contributed by atoms with Gasteiger partial charge >= 0.3 is 6.03 Å². The Labute approximate surface area is 137 Å². The second-order valence-corrected chi connectivity index (χ2v) is 6.01. The van der Waals surface area contributed by atoms with E-state index in [1.54, 1.807) is 0 Å². The molecule has 2 aromatic rings. The van der Waals surface area contributed by atoms with Crippen LogP contribution in [-0.2, 0) is 0 Å².